The van der Waals surface area contributed by atoms with Gasteiger partial charge < -0.3 is 5.11 Å². The highest BCUT2D eigenvalue weighted by molar-refractivity contribution is 6.00. The summed E-state index contributed by atoms with van der Waals surface area (Å²) >= 11 is 0. The van der Waals surface area contributed by atoms with Crippen LogP contribution in [0, 0.1) is 6.92 Å². The molecule has 0 bridgehead atoms. The molecule has 100 valence electrons. The highest BCUT2D eigenvalue weighted by Crippen LogP contribution is 2.18. The summed E-state index contributed by atoms with van der Waals surface area (Å²) in [5.74, 6) is -0.989. The first kappa shape index (κ1) is 12.3. The molecule has 3 rings (SSSR count). The Morgan fingerprint density at radius 3 is 2.90 bits per heavy atom. The molecule has 6 heteroatoms. The Hall–Kier alpha value is -2.76. The van der Waals surface area contributed by atoms with E-state index in [1.165, 1.54) is 0 Å². The Bertz CT molecular complexity index is 795. The molecule has 0 atom stereocenters. The molecule has 2 aromatic heterocycles. The fourth-order valence-electron chi connectivity index (χ4n) is 2.14. The maximum atomic E-state index is 11.3. The van der Waals surface area contributed by atoms with Crippen molar-refractivity contribution in [3.8, 4) is 0 Å². The lowest BCUT2D eigenvalue weighted by Crippen LogP contribution is -2.08. The number of fused-ring (bicyclic) bond motifs is 1. The first-order valence-electron chi connectivity index (χ1n) is 6.13. The molecule has 2 heterocycles. The van der Waals surface area contributed by atoms with Crippen molar-refractivity contribution in [2.45, 2.75) is 13.5 Å². The summed E-state index contributed by atoms with van der Waals surface area (Å²) < 4.78 is 1.58. The summed E-state index contributed by atoms with van der Waals surface area (Å²) in [6.07, 6.45) is 1.71. The highest BCUT2D eigenvalue weighted by atomic mass is 16.4. The SMILES string of the molecule is Cc1cccnc1Cn1nnc2cccc(C(=O)O)c21. The number of hydrogen-bond donors (Lipinski definition) is 1. The van der Waals surface area contributed by atoms with Crippen molar-refractivity contribution in [2.75, 3.05) is 0 Å². The number of carboxylic acid groups (broad SMARTS) is 1. The first-order chi connectivity index (χ1) is 9.66. The van der Waals surface area contributed by atoms with Gasteiger partial charge in [0.2, 0.25) is 0 Å². The lowest BCUT2D eigenvalue weighted by molar-refractivity contribution is 0.0698. The van der Waals surface area contributed by atoms with Gasteiger partial charge in [0.15, 0.2) is 0 Å². The second-order valence-electron chi connectivity index (χ2n) is 4.49. The predicted molar refractivity (Wildman–Crippen MR) is 72.6 cm³/mol. The number of aryl methyl sites for hydroxylation is 1. The van der Waals surface area contributed by atoms with Gasteiger partial charge in [0, 0.05) is 6.20 Å². The summed E-state index contributed by atoms with van der Waals surface area (Å²) in [5.41, 5.74) is 3.16. The van der Waals surface area contributed by atoms with Crippen LogP contribution < -0.4 is 0 Å². The van der Waals surface area contributed by atoms with Gasteiger partial charge >= 0.3 is 5.97 Å². The lowest BCUT2D eigenvalue weighted by atomic mass is 10.1. The van der Waals surface area contributed by atoms with Crippen molar-refractivity contribution in [1.82, 2.24) is 20.0 Å². The Morgan fingerprint density at radius 2 is 2.15 bits per heavy atom. The number of nitrogens with zero attached hydrogens (tertiary/aromatic N) is 4. The second kappa shape index (κ2) is 4.73. The number of aromatic carboxylic acids is 1. The van der Waals surface area contributed by atoms with Gasteiger partial charge in [0.25, 0.3) is 0 Å². The van der Waals surface area contributed by atoms with Gasteiger partial charge in [-0.3, -0.25) is 4.98 Å². The van der Waals surface area contributed by atoms with E-state index in [0.29, 0.717) is 17.6 Å². The molecule has 0 saturated heterocycles. The number of carbonyl (C=O) groups is 1. The average Bonchev–Trinajstić information content (AvgIpc) is 2.84. The van der Waals surface area contributed by atoms with E-state index >= 15 is 0 Å². The number of rotatable bonds is 3. The topological polar surface area (TPSA) is 80.9 Å². The highest BCUT2D eigenvalue weighted by Gasteiger charge is 2.15. The Balaban J connectivity index is 2.13. The third kappa shape index (κ3) is 2.01. The maximum Gasteiger partial charge on any atom is 0.337 e. The number of pyridine rings is 1. The molecule has 0 spiro atoms. The normalized spacial score (nSPS) is 10.8. The first-order valence-corrected chi connectivity index (χ1v) is 6.13. The zero-order chi connectivity index (χ0) is 14.1. The van der Waals surface area contributed by atoms with Crippen LogP contribution in [0.1, 0.15) is 21.6 Å². The fourth-order valence-corrected chi connectivity index (χ4v) is 2.14. The zero-order valence-electron chi connectivity index (χ0n) is 10.8. The van der Waals surface area contributed by atoms with E-state index in [0.717, 1.165) is 11.3 Å². The van der Waals surface area contributed by atoms with E-state index in [4.69, 9.17) is 0 Å². The fraction of sp³-hybridized carbons (Fsp3) is 0.143. The van der Waals surface area contributed by atoms with Crippen molar-refractivity contribution >= 4 is 17.0 Å². The summed E-state index contributed by atoms with van der Waals surface area (Å²) in [6, 6.07) is 8.78. The molecule has 0 amide bonds. The minimum absolute atomic E-state index is 0.195. The van der Waals surface area contributed by atoms with Gasteiger partial charge in [-0.2, -0.15) is 0 Å². The van der Waals surface area contributed by atoms with Crippen LogP contribution in [0.2, 0.25) is 0 Å². The van der Waals surface area contributed by atoms with E-state index in [9.17, 15) is 9.90 Å². The Kier molecular flexibility index (Phi) is 2.90. The van der Waals surface area contributed by atoms with Crippen LogP contribution in [-0.4, -0.2) is 31.1 Å². The Morgan fingerprint density at radius 1 is 1.30 bits per heavy atom. The van der Waals surface area contributed by atoms with E-state index in [1.54, 1.807) is 29.1 Å². The summed E-state index contributed by atoms with van der Waals surface area (Å²) in [7, 11) is 0. The average molecular weight is 268 g/mol. The predicted octanol–water partition coefficient (Wildman–Crippen LogP) is 1.88. The van der Waals surface area contributed by atoms with Gasteiger partial charge in [-0.25, -0.2) is 9.48 Å². The minimum atomic E-state index is -0.989. The molecule has 20 heavy (non-hydrogen) atoms. The van der Waals surface area contributed by atoms with Crippen molar-refractivity contribution < 1.29 is 9.90 Å². The van der Waals surface area contributed by atoms with Gasteiger partial charge in [-0.15, -0.1) is 5.10 Å². The molecule has 0 unspecified atom stereocenters. The van der Waals surface area contributed by atoms with Crippen molar-refractivity contribution in [3.63, 3.8) is 0 Å². The third-order valence-electron chi connectivity index (χ3n) is 3.18. The molecule has 1 aromatic carbocycles. The molecule has 0 radical (unpaired) electrons. The van der Waals surface area contributed by atoms with Crippen LogP contribution in [-0.2, 0) is 6.54 Å². The molecule has 0 aliphatic rings. The monoisotopic (exact) mass is 268 g/mol. The number of benzene rings is 1. The van der Waals surface area contributed by atoms with E-state index < -0.39 is 5.97 Å². The largest absolute Gasteiger partial charge is 0.478 e. The van der Waals surface area contributed by atoms with E-state index in [2.05, 4.69) is 15.3 Å². The van der Waals surface area contributed by atoms with Crippen molar-refractivity contribution in [3.05, 3.63) is 53.3 Å². The summed E-state index contributed by atoms with van der Waals surface area (Å²) in [5, 5.41) is 17.3. The number of aromatic nitrogens is 4. The number of carboxylic acids is 1. The molecule has 0 fully saturated rings. The second-order valence-corrected chi connectivity index (χ2v) is 4.49. The van der Waals surface area contributed by atoms with Gasteiger partial charge in [0.05, 0.1) is 17.8 Å². The van der Waals surface area contributed by atoms with E-state index in [-0.39, 0.29) is 5.56 Å². The molecular formula is C14H12N4O2. The molecular weight excluding hydrogens is 256 g/mol. The van der Waals surface area contributed by atoms with Gasteiger partial charge in [0.1, 0.15) is 11.0 Å². The van der Waals surface area contributed by atoms with Crippen LogP contribution in [0.5, 0.6) is 0 Å². The van der Waals surface area contributed by atoms with Crippen molar-refractivity contribution in [2.24, 2.45) is 0 Å². The molecule has 3 aromatic rings. The molecule has 1 N–H and O–H groups in total. The molecule has 6 nitrogen and oxygen atoms in total. The Labute approximate surface area is 114 Å². The van der Waals surface area contributed by atoms with Gasteiger partial charge in [-0.05, 0) is 30.7 Å². The smallest absolute Gasteiger partial charge is 0.337 e. The van der Waals surface area contributed by atoms with Crippen LogP contribution in [0.15, 0.2) is 36.5 Å². The number of para-hydroxylation sites is 1. The third-order valence-corrected chi connectivity index (χ3v) is 3.18. The van der Waals surface area contributed by atoms with Crippen LogP contribution in [0.4, 0.5) is 0 Å². The number of hydrogen-bond acceptors (Lipinski definition) is 4. The molecule has 0 aliphatic heterocycles. The van der Waals surface area contributed by atoms with Gasteiger partial charge in [-0.1, -0.05) is 17.3 Å². The molecule has 0 saturated carbocycles. The van der Waals surface area contributed by atoms with Crippen molar-refractivity contribution in [1.29, 1.82) is 0 Å². The standard InChI is InChI=1S/C14H12N4O2/c1-9-4-3-7-15-12(9)8-18-13-10(14(19)20)5-2-6-11(13)16-17-18/h2-7H,8H2,1H3,(H,19,20). The summed E-state index contributed by atoms with van der Waals surface area (Å²) in [6.45, 7) is 2.35. The van der Waals surface area contributed by atoms with E-state index in [1.807, 2.05) is 19.1 Å². The minimum Gasteiger partial charge on any atom is -0.478 e. The quantitative estimate of drug-likeness (QED) is 0.784. The van der Waals surface area contributed by atoms with Crippen LogP contribution in [0.3, 0.4) is 0 Å². The van der Waals surface area contributed by atoms with Crippen LogP contribution in [0.25, 0.3) is 11.0 Å². The zero-order valence-corrected chi connectivity index (χ0v) is 10.8. The maximum absolute atomic E-state index is 11.3. The lowest BCUT2D eigenvalue weighted by Gasteiger charge is -2.06. The van der Waals surface area contributed by atoms with Crippen LogP contribution >= 0.6 is 0 Å². The summed E-state index contributed by atoms with van der Waals surface area (Å²) in [4.78, 5) is 15.6. The molecule has 0 aliphatic carbocycles.